The molecular weight excluding hydrogens is 324 g/mol. The van der Waals surface area contributed by atoms with Crippen LogP contribution in [0, 0.1) is 0 Å². The van der Waals surface area contributed by atoms with Crippen LogP contribution in [0.1, 0.15) is 23.1 Å². The molecule has 0 spiro atoms. The highest BCUT2D eigenvalue weighted by atomic mass is 79.9. The number of aliphatic hydroxyl groups is 1. The number of aromatic nitrogens is 1. The molecule has 14 heavy (non-hydrogen) atoms. The van der Waals surface area contributed by atoms with Crippen molar-refractivity contribution in [3.05, 3.63) is 27.5 Å². The predicted octanol–water partition coefficient (Wildman–Crippen LogP) is 3.17. The van der Waals surface area contributed by atoms with E-state index >= 15 is 0 Å². The molecule has 0 bridgehead atoms. The minimum absolute atomic E-state index is 0.217. The van der Waals surface area contributed by atoms with Crippen LogP contribution >= 0.6 is 31.9 Å². The number of rotatable bonds is 3. The fraction of sp³-hybridized carbons (Fsp3) is 0.375. The largest absolute Gasteiger partial charge is 0.392 e. The van der Waals surface area contributed by atoms with Crippen molar-refractivity contribution in [2.75, 3.05) is 0 Å². The molecule has 0 fully saturated rings. The molecule has 0 radical (unpaired) electrons. The third-order valence-corrected chi connectivity index (χ3v) is 3.05. The Hall–Kier alpha value is -0.0700. The molecule has 1 aromatic rings. The van der Waals surface area contributed by atoms with Gasteiger partial charge in [0.1, 0.15) is 4.60 Å². The summed E-state index contributed by atoms with van der Waals surface area (Å²) in [7, 11) is 0. The Bertz CT molecular complexity index is 333. The Morgan fingerprint density at radius 3 is 2.50 bits per heavy atom. The first-order valence-electron chi connectivity index (χ1n) is 3.73. The van der Waals surface area contributed by atoms with Gasteiger partial charge in [0, 0.05) is 22.7 Å². The minimum atomic E-state index is -2.62. The molecule has 0 aliphatic carbocycles. The van der Waals surface area contributed by atoms with Gasteiger partial charge in [-0.05, 0) is 21.5 Å². The van der Waals surface area contributed by atoms with E-state index in [1.807, 2.05) is 0 Å². The minimum Gasteiger partial charge on any atom is -0.392 e. The average Bonchev–Trinajstić information content (AvgIpc) is 2.16. The first kappa shape index (κ1) is 12.0. The third kappa shape index (κ3) is 2.29. The zero-order chi connectivity index (χ0) is 10.7. The lowest BCUT2D eigenvalue weighted by Gasteiger charge is -2.11. The molecule has 78 valence electrons. The number of nitrogens with zero attached hydrogens (tertiary/aromatic N) is 1. The normalized spacial score (nSPS) is 11.0. The van der Waals surface area contributed by atoms with Crippen LogP contribution in [0.5, 0.6) is 0 Å². The molecule has 0 aromatic carbocycles. The summed E-state index contributed by atoms with van der Waals surface area (Å²) in [6.45, 7) is -0.415. The van der Waals surface area contributed by atoms with Crippen molar-refractivity contribution in [2.45, 2.75) is 18.4 Å². The molecule has 0 saturated carbocycles. The van der Waals surface area contributed by atoms with Gasteiger partial charge in [-0.1, -0.05) is 15.9 Å². The van der Waals surface area contributed by atoms with E-state index in [-0.39, 0.29) is 11.1 Å². The Kier molecular flexibility index (Phi) is 4.40. The molecule has 1 N–H and O–H groups in total. The molecule has 1 aromatic heterocycles. The quantitative estimate of drug-likeness (QED) is 0.682. The van der Waals surface area contributed by atoms with Gasteiger partial charge in [0.2, 0.25) is 0 Å². The predicted molar refractivity (Wildman–Crippen MR) is 55.4 cm³/mol. The zero-order valence-corrected chi connectivity index (χ0v) is 10.1. The van der Waals surface area contributed by atoms with Crippen molar-refractivity contribution in [3.8, 4) is 0 Å². The fourth-order valence-electron chi connectivity index (χ4n) is 1.09. The van der Waals surface area contributed by atoms with E-state index in [4.69, 9.17) is 5.11 Å². The zero-order valence-electron chi connectivity index (χ0n) is 6.98. The van der Waals surface area contributed by atoms with E-state index < -0.39 is 13.0 Å². The SMILES string of the molecule is OCc1c(C(F)F)cnc(Br)c1CBr. The van der Waals surface area contributed by atoms with E-state index in [9.17, 15) is 8.78 Å². The molecule has 6 heteroatoms. The molecule has 0 aliphatic rings. The van der Waals surface area contributed by atoms with Crippen LogP contribution in [-0.2, 0) is 11.9 Å². The monoisotopic (exact) mass is 329 g/mol. The second kappa shape index (κ2) is 5.14. The molecule has 0 atom stereocenters. The summed E-state index contributed by atoms with van der Waals surface area (Å²) in [5.41, 5.74) is 0.578. The maximum absolute atomic E-state index is 12.5. The van der Waals surface area contributed by atoms with Crippen LogP contribution in [0.3, 0.4) is 0 Å². The topological polar surface area (TPSA) is 33.1 Å². The maximum atomic E-state index is 12.5. The first-order valence-corrected chi connectivity index (χ1v) is 5.64. The van der Waals surface area contributed by atoms with Crippen molar-refractivity contribution in [3.63, 3.8) is 0 Å². The number of aliphatic hydroxyl groups excluding tert-OH is 1. The van der Waals surface area contributed by atoms with Crippen molar-refractivity contribution >= 4 is 31.9 Å². The number of hydrogen-bond donors (Lipinski definition) is 1. The van der Waals surface area contributed by atoms with Gasteiger partial charge in [-0.3, -0.25) is 0 Å². The fourth-order valence-corrected chi connectivity index (χ4v) is 2.55. The van der Waals surface area contributed by atoms with Crippen molar-refractivity contribution < 1.29 is 13.9 Å². The van der Waals surface area contributed by atoms with Crippen LogP contribution in [0.15, 0.2) is 10.8 Å². The average molecular weight is 331 g/mol. The van der Waals surface area contributed by atoms with Gasteiger partial charge in [-0.25, -0.2) is 13.8 Å². The lowest BCUT2D eigenvalue weighted by atomic mass is 10.1. The summed E-state index contributed by atoms with van der Waals surface area (Å²) in [5.74, 6) is 0. The first-order chi connectivity index (χ1) is 6.61. The van der Waals surface area contributed by atoms with E-state index in [1.54, 1.807) is 0 Å². The van der Waals surface area contributed by atoms with Gasteiger partial charge >= 0.3 is 0 Å². The Morgan fingerprint density at radius 1 is 1.43 bits per heavy atom. The maximum Gasteiger partial charge on any atom is 0.265 e. The third-order valence-electron chi connectivity index (χ3n) is 1.81. The second-order valence-corrected chi connectivity index (χ2v) is 3.87. The number of alkyl halides is 3. The Labute approximate surface area is 96.6 Å². The summed E-state index contributed by atoms with van der Waals surface area (Å²) in [6, 6.07) is 0. The second-order valence-electron chi connectivity index (χ2n) is 2.55. The summed E-state index contributed by atoms with van der Waals surface area (Å²) in [4.78, 5) is 3.78. The molecule has 1 rings (SSSR count). The van der Waals surface area contributed by atoms with Crippen LogP contribution in [0.25, 0.3) is 0 Å². The lowest BCUT2D eigenvalue weighted by Crippen LogP contribution is -2.02. The Morgan fingerprint density at radius 2 is 2.07 bits per heavy atom. The van der Waals surface area contributed by atoms with Crippen molar-refractivity contribution in [1.29, 1.82) is 0 Å². The van der Waals surface area contributed by atoms with Gasteiger partial charge in [-0.15, -0.1) is 0 Å². The number of hydrogen-bond acceptors (Lipinski definition) is 2. The molecule has 0 unspecified atom stereocenters. The van der Waals surface area contributed by atoms with Gasteiger partial charge in [0.25, 0.3) is 6.43 Å². The highest BCUT2D eigenvalue weighted by Crippen LogP contribution is 2.29. The number of halogens is 4. The van der Waals surface area contributed by atoms with Gasteiger partial charge in [0.15, 0.2) is 0 Å². The number of pyridine rings is 1. The van der Waals surface area contributed by atoms with Crippen molar-refractivity contribution in [2.24, 2.45) is 0 Å². The van der Waals surface area contributed by atoms with Crippen LogP contribution in [-0.4, -0.2) is 10.1 Å². The van der Waals surface area contributed by atoms with Gasteiger partial charge < -0.3 is 5.11 Å². The van der Waals surface area contributed by atoms with E-state index in [0.29, 0.717) is 15.5 Å². The van der Waals surface area contributed by atoms with Crippen LogP contribution < -0.4 is 0 Å². The lowest BCUT2D eigenvalue weighted by molar-refractivity contribution is 0.146. The molecule has 0 aliphatic heterocycles. The summed E-state index contributed by atoms with van der Waals surface area (Å²) < 4.78 is 25.4. The van der Waals surface area contributed by atoms with Crippen molar-refractivity contribution in [1.82, 2.24) is 4.98 Å². The molecular formula is C8H7Br2F2NO. The standard InChI is InChI=1S/C8H7Br2F2NO/c9-1-4-6(3-14)5(8(11)12)2-13-7(4)10/h2,8,14H,1,3H2. The highest BCUT2D eigenvalue weighted by Gasteiger charge is 2.18. The Balaban J connectivity index is 3.33. The smallest absolute Gasteiger partial charge is 0.265 e. The summed E-state index contributed by atoms with van der Waals surface area (Å²) in [5, 5.41) is 9.37. The van der Waals surface area contributed by atoms with Crippen LogP contribution in [0.4, 0.5) is 8.78 Å². The van der Waals surface area contributed by atoms with E-state index in [2.05, 4.69) is 36.8 Å². The van der Waals surface area contributed by atoms with E-state index in [1.165, 1.54) is 0 Å². The molecule has 0 amide bonds. The van der Waals surface area contributed by atoms with Gasteiger partial charge in [0.05, 0.1) is 6.61 Å². The molecule has 2 nitrogen and oxygen atoms in total. The summed E-state index contributed by atoms with van der Waals surface area (Å²) in [6.07, 6.45) is -1.54. The van der Waals surface area contributed by atoms with Gasteiger partial charge in [-0.2, -0.15) is 0 Å². The van der Waals surface area contributed by atoms with Crippen LogP contribution in [0.2, 0.25) is 0 Å². The highest BCUT2D eigenvalue weighted by molar-refractivity contribution is 9.10. The molecule has 0 saturated heterocycles. The summed E-state index contributed by atoms with van der Waals surface area (Å²) >= 11 is 6.29. The van der Waals surface area contributed by atoms with E-state index in [0.717, 1.165) is 6.20 Å². The molecule has 1 heterocycles.